The number of anilines is 2. The molecule has 276 valence electrons. The molecule has 0 aliphatic carbocycles. The first kappa shape index (κ1) is 37.6. The summed E-state index contributed by atoms with van der Waals surface area (Å²) < 4.78 is 12.1. The van der Waals surface area contributed by atoms with Crippen LogP contribution in [0.15, 0.2) is 146 Å². The number of hydrogen-bond acceptors (Lipinski definition) is 6. The lowest BCUT2D eigenvalue weighted by Gasteiger charge is -2.25. The largest absolute Gasteiger partial charge is 0.493 e. The van der Waals surface area contributed by atoms with E-state index in [-0.39, 0.29) is 22.3 Å². The minimum Gasteiger partial charge on any atom is -0.493 e. The fourth-order valence-electron chi connectivity index (χ4n) is 5.72. The summed E-state index contributed by atoms with van der Waals surface area (Å²) in [6, 6.07) is 41.8. The van der Waals surface area contributed by atoms with Crippen molar-refractivity contribution in [2.45, 2.75) is 13.8 Å². The van der Waals surface area contributed by atoms with E-state index < -0.39 is 29.2 Å². The number of ether oxygens (including phenoxy) is 2. The van der Waals surface area contributed by atoms with Gasteiger partial charge in [-0.05, 0) is 95.1 Å². The summed E-state index contributed by atoms with van der Waals surface area (Å²) in [4.78, 5) is 50.2. The zero-order valence-corrected chi connectivity index (χ0v) is 30.1. The van der Waals surface area contributed by atoms with E-state index in [0.29, 0.717) is 36.1 Å². The van der Waals surface area contributed by atoms with Gasteiger partial charge in [0.05, 0.1) is 35.5 Å². The molecule has 0 atom stereocenters. The van der Waals surface area contributed by atoms with Gasteiger partial charge in [0, 0.05) is 16.8 Å². The van der Waals surface area contributed by atoms with Crippen molar-refractivity contribution in [3.8, 4) is 33.8 Å². The van der Waals surface area contributed by atoms with E-state index in [0.717, 1.165) is 22.3 Å². The minimum atomic E-state index is -1.19. The van der Waals surface area contributed by atoms with Crippen LogP contribution in [-0.4, -0.2) is 47.2 Å². The first-order chi connectivity index (χ1) is 26.5. The molecule has 6 aromatic rings. The number of nitrogens with one attached hydrogen (secondary N) is 2. The summed E-state index contributed by atoms with van der Waals surface area (Å²) in [5.41, 5.74) is 3.63. The fourth-order valence-corrected chi connectivity index (χ4v) is 5.72. The molecule has 0 aliphatic rings. The summed E-state index contributed by atoms with van der Waals surface area (Å²) in [7, 11) is 0. The smallest absolute Gasteiger partial charge is 0.336 e. The fraction of sp³-hybridized carbons (Fsp3) is 0.111. The van der Waals surface area contributed by atoms with Crippen LogP contribution in [0.3, 0.4) is 0 Å². The Labute approximate surface area is 318 Å². The van der Waals surface area contributed by atoms with Gasteiger partial charge in [0.15, 0.2) is 0 Å². The molecule has 0 aromatic heterocycles. The first-order valence-corrected chi connectivity index (χ1v) is 17.4. The minimum absolute atomic E-state index is 0.0504. The van der Waals surface area contributed by atoms with Crippen molar-refractivity contribution in [2.75, 3.05) is 23.8 Å². The van der Waals surface area contributed by atoms with E-state index >= 15 is 0 Å². The van der Waals surface area contributed by atoms with Gasteiger partial charge in [-0.25, -0.2) is 9.59 Å². The third-order valence-electron chi connectivity index (χ3n) is 8.69. The first-order valence-electron chi connectivity index (χ1n) is 17.4. The molecule has 0 unspecified atom stereocenters. The van der Waals surface area contributed by atoms with Crippen molar-refractivity contribution < 1.29 is 38.9 Å². The lowest BCUT2D eigenvalue weighted by Crippen LogP contribution is -2.28. The van der Waals surface area contributed by atoms with Crippen LogP contribution in [-0.2, 0) is 0 Å². The van der Waals surface area contributed by atoms with Crippen molar-refractivity contribution in [3.05, 3.63) is 168 Å². The number of aromatic carboxylic acids is 2. The zero-order chi connectivity index (χ0) is 39.0. The molecular formula is C45H38N2O8. The van der Waals surface area contributed by atoms with E-state index in [1.807, 2.05) is 74.5 Å². The maximum atomic E-state index is 13.2. The van der Waals surface area contributed by atoms with Gasteiger partial charge in [0.2, 0.25) is 0 Å². The average Bonchev–Trinajstić information content (AvgIpc) is 3.20. The van der Waals surface area contributed by atoms with Gasteiger partial charge in [-0.1, -0.05) is 86.6 Å². The normalized spacial score (nSPS) is 10.9. The van der Waals surface area contributed by atoms with Crippen LogP contribution in [0.2, 0.25) is 0 Å². The molecule has 0 saturated heterocycles. The van der Waals surface area contributed by atoms with Gasteiger partial charge >= 0.3 is 11.9 Å². The highest BCUT2D eigenvalue weighted by Gasteiger charge is 2.22. The average molecular weight is 735 g/mol. The Hall–Kier alpha value is -7.20. The highest BCUT2D eigenvalue weighted by atomic mass is 16.5. The molecule has 0 heterocycles. The highest BCUT2D eigenvalue weighted by Crippen LogP contribution is 2.27. The van der Waals surface area contributed by atoms with E-state index in [4.69, 9.17) is 9.47 Å². The number of carboxylic acid groups (broad SMARTS) is 2. The predicted octanol–water partition coefficient (Wildman–Crippen LogP) is 9.41. The number of benzene rings is 6. The maximum Gasteiger partial charge on any atom is 0.336 e. The van der Waals surface area contributed by atoms with E-state index in [2.05, 4.69) is 10.6 Å². The van der Waals surface area contributed by atoms with Crippen molar-refractivity contribution in [3.63, 3.8) is 0 Å². The Balaban J connectivity index is 1.01. The third kappa shape index (κ3) is 9.62. The van der Waals surface area contributed by atoms with Gasteiger partial charge in [0.25, 0.3) is 11.8 Å². The second-order valence-corrected chi connectivity index (χ2v) is 13.6. The molecule has 10 heteroatoms. The quantitative estimate of drug-likeness (QED) is 0.0864. The maximum absolute atomic E-state index is 13.2. The Morgan fingerprint density at radius 2 is 0.836 bits per heavy atom. The van der Waals surface area contributed by atoms with Crippen LogP contribution < -0.4 is 20.1 Å². The van der Waals surface area contributed by atoms with Crippen molar-refractivity contribution in [2.24, 2.45) is 5.41 Å². The van der Waals surface area contributed by atoms with Crippen molar-refractivity contribution >= 4 is 35.1 Å². The molecule has 6 aromatic carbocycles. The van der Waals surface area contributed by atoms with Crippen molar-refractivity contribution in [1.82, 2.24) is 0 Å². The molecule has 55 heavy (non-hydrogen) atoms. The summed E-state index contributed by atoms with van der Waals surface area (Å²) in [5, 5.41) is 25.0. The van der Waals surface area contributed by atoms with E-state index in [9.17, 15) is 29.4 Å². The Bertz CT molecular complexity index is 2160. The molecule has 0 saturated carbocycles. The monoisotopic (exact) mass is 734 g/mol. The second-order valence-electron chi connectivity index (χ2n) is 13.6. The van der Waals surface area contributed by atoms with Crippen LogP contribution in [0, 0.1) is 5.41 Å². The SMILES string of the molecule is CC(C)(COc1ccc(NC(=O)c2cc(-c3ccccc3)ccc2C(=O)O)cc1)COc1ccc(NC(=O)c2cc(-c3ccccc3)ccc2C(=O)O)cc1. The number of carbonyl (C=O) groups is 4. The lowest BCUT2D eigenvalue weighted by molar-refractivity contribution is 0.0683. The molecule has 6 rings (SSSR count). The number of carboxylic acids is 2. The molecule has 0 fully saturated rings. The Morgan fingerprint density at radius 1 is 0.473 bits per heavy atom. The third-order valence-corrected chi connectivity index (χ3v) is 8.69. The van der Waals surface area contributed by atoms with Gasteiger partial charge in [-0.2, -0.15) is 0 Å². The lowest BCUT2D eigenvalue weighted by atomic mass is 9.96. The van der Waals surface area contributed by atoms with Crippen molar-refractivity contribution in [1.29, 1.82) is 0 Å². The number of carbonyl (C=O) groups excluding carboxylic acids is 2. The van der Waals surface area contributed by atoms with Crippen LogP contribution >= 0.6 is 0 Å². The Morgan fingerprint density at radius 3 is 1.18 bits per heavy atom. The molecule has 0 aliphatic heterocycles. The molecule has 0 spiro atoms. The van der Waals surface area contributed by atoms with Gasteiger partial charge in [-0.15, -0.1) is 0 Å². The summed E-state index contributed by atoms with van der Waals surface area (Å²) in [6.45, 7) is 4.61. The van der Waals surface area contributed by atoms with Crippen LogP contribution in [0.1, 0.15) is 55.3 Å². The molecule has 10 nitrogen and oxygen atoms in total. The number of amides is 2. The number of hydrogen-bond donors (Lipinski definition) is 4. The van der Waals surface area contributed by atoms with Crippen LogP contribution in [0.4, 0.5) is 11.4 Å². The van der Waals surface area contributed by atoms with Crippen LogP contribution in [0.25, 0.3) is 22.3 Å². The molecular weight excluding hydrogens is 697 g/mol. The predicted molar refractivity (Wildman–Crippen MR) is 211 cm³/mol. The van der Waals surface area contributed by atoms with E-state index in [1.54, 1.807) is 72.8 Å². The molecule has 4 N–H and O–H groups in total. The molecule has 2 amide bonds. The van der Waals surface area contributed by atoms with Gasteiger partial charge in [-0.3, -0.25) is 9.59 Å². The Kier molecular flexibility index (Phi) is 11.4. The standard InChI is InChI=1S/C45H38N2O8/c1-45(2,27-54-35-19-15-33(16-20-35)46-41(48)39-25-31(13-23-37(39)43(50)51)29-9-5-3-6-10-29)28-55-36-21-17-34(18-22-36)47-42(49)40-26-32(14-24-38(40)44(52)53)30-11-7-4-8-12-30/h3-26H,27-28H2,1-2H3,(H,46,48)(H,47,49)(H,50,51)(H,52,53). The number of rotatable bonds is 14. The second kappa shape index (κ2) is 16.6. The van der Waals surface area contributed by atoms with Gasteiger partial charge in [0.1, 0.15) is 11.5 Å². The van der Waals surface area contributed by atoms with E-state index in [1.165, 1.54) is 12.1 Å². The summed E-state index contributed by atoms with van der Waals surface area (Å²) in [5.74, 6) is -2.33. The molecule has 0 radical (unpaired) electrons. The highest BCUT2D eigenvalue weighted by molar-refractivity contribution is 6.12. The topological polar surface area (TPSA) is 151 Å². The zero-order valence-electron chi connectivity index (χ0n) is 30.1. The summed E-state index contributed by atoms with van der Waals surface area (Å²) in [6.07, 6.45) is 0. The summed E-state index contributed by atoms with van der Waals surface area (Å²) >= 11 is 0. The van der Waals surface area contributed by atoms with Crippen LogP contribution in [0.5, 0.6) is 11.5 Å². The molecule has 0 bridgehead atoms. The van der Waals surface area contributed by atoms with Gasteiger partial charge < -0.3 is 30.3 Å².